The van der Waals surface area contributed by atoms with Gasteiger partial charge in [-0.1, -0.05) is 12.5 Å². The van der Waals surface area contributed by atoms with Crippen LogP contribution in [0.15, 0.2) is 29.3 Å². The molecule has 1 aliphatic rings. The molecule has 1 aliphatic heterocycles. The molecular formula is C58H105N19O14. The summed E-state index contributed by atoms with van der Waals surface area (Å²) in [6, 6.07) is -6.49. The first-order valence-corrected chi connectivity index (χ1v) is 31.4. The van der Waals surface area contributed by atoms with Gasteiger partial charge in [0.15, 0.2) is 23.3 Å². The van der Waals surface area contributed by atoms with Crippen molar-refractivity contribution in [3.63, 3.8) is 0 Å². The topological polar surface area (TPSA) is 616 Å². The van der Waals surface area contributed by atoms with Crippen LogP contribution in [0.1, 0.15) is 128 Å². The van der Waals surface area contributed by atoms with E-state index in [4.69, 9.17) is 57.3 Å². The monoisotopic (exact) mass is 1290 g/mol. The van der Waals surface area contributed by atoms with Crippen LogP contribution in [0.2, 0.25) is 0 Å². The van der Waals surface area contributed by atoms with E-state index < -0.39 is 176 Å². The van der Waals surface area contributed by atoms with Crippen molar-refractivity contribution in [3.05, 3.63) is 30.0 Å². The Morgan fingerprint density at radius 1 is 0.670 bits per heavy atom. The summed E-state index contributed by atoms with van der Waals surface area (Å²) in [6.07, 6.45) is -0.708. The fourth-order valence-corrected chi connectivity index (χ4v) is 10.2. The number of guanidine groups is 1. The second-order valence-corrected chi connectivity index (χ2v) is 22.9. The molecule has 0 bridgehead atoms. The predicted molar refractivity (Wildman–Crippen MR) is 337 cm³/mol. The number of hydrogen-bond acceptors (Lipinski definition) is 24. The molecule has 0 radical (unpaired) electrons. The average molecular weight is 1290 g/mol. The smallest absolute Gasteiger partial charge is 0.245 e. The van der Waals surface area contributed by atoms with Gasteiger partial charge in [0.05, 0.1) is 54.4 Å². The molecule has 1 aromatic rings. The summed E-state index contributed by atoms with van der Waals surface area (Å²) in [5.74, 6) is -11.2. The Hall–Kier alpha value is -6.76. The largest absolute Gasteiger partial charge is 0.392 e. The number of carbonyl (C=O) groups excluding carboxylic acids is 10. The van der Waals surface area contributed by atoms with Crippen molar-refractivity contribution in [2.45, 2.75) is 183 Å². The number of hydrogen-bond donors (Lipinski definition) is 20. The highest BCUT2D eigenvalue weighted by Gasteiger charge is 2.41. The molecule has 0 saturated carbocycles. The normalized spacial score (nSPS) is 16.9. The number of rotatable bonds is 50. The standard InChI is InChI=1S/C58H105N19O14/c59-18-2-1-8-40(66)46(81)27-39(49(84)30-64)55(89)76-52(50(85)31-65)45(80)16-17-51(86)73-42(9-5-20-61)57(91)77-23-7-11-44(77)56(90)75-43(26-36-32-69-33-72-36)48(83)25-35(13-15-38(79)29-63)54(88)74-41(10-6-22-71-58(67)68)47(82)24-34(12-14-37(78)28-62)53(87)70-21-4-3-19-60/h10,32-35,37-40,42-44,49-50,52,78-79,84-85H,1-9,11-31,59-66H2,(H,69,72)(H,70,87)(H,73,86)(H,74,88)(H,75,90)(H,76,89)(H4,67,68,71)/b41-10-. The van der Waals surface area contributed by atoms with Crippen molar-refractivity contribution >= 4 is 64.5 Å². The minimum Gasteiger partial charge on any atom is -0.392 e. The highest BCUT2D eigenvalue weighted by molar-refractivity contribution is 6.02. The minimum absolute atomic E-state index is 0.00282. The van der Waals surface area contributed by atoms with Crippen LogP contribution in [0.25, 0.3) is 0 Å². The number of likely N-dealkylation sites (tertiary alicyclic amines) is 1. The minimum atomic E-state index is -1.70. The molecule has 1 saturated heterocycles. The average Bonchev–Trinajstić information content (AvgIpc) is 3.17. The first kappa shape index (κ1) is 80.3. The SMILES string of the molecule is NCCCCNC(=O)C(CCC(O)CN)CC(=O)/C(=C/CCN=C(N)N)NC(=O)C(CCC(O)CN)CC(=O)C(Cc1cnc[nH]1)NC(=O)C1CCCN1C(=O)C(CCCN)NC(=O)CCC(=O)C(NC(=O)C(CC(=O)C(N)CCCCN)C(O)CN)C(O)CN. The zero-order valence-corrected chi connectivity index (χ0v) is 52.4. The van der Waals surface area contributed by atoms with E-state index in [0.29, 0.717) is 50.9 Å². The lowest BCUT2D eigenvalue weighted by atomic mass is 9.90. The summed E-state index contributed by atoms with van der Waals surface area (Å²) in [5, 5.41) is 55.4. The van der Waals surface area contributed by atoms with Gasteiger partial charge in [-0.2, -0.15) is 0 Å². The number of carbonyl (C=O) groups is 10. The van der Waals surface area contributed by atoms with E-state index in [-0.39, 0.29) is 115 Å². The quantitative estimate of drug-likeness (QED) is 0.0125. The molecule has 1 fully saturated rings. The van der Waals surface area contributed by atoms with E-state index >= 15 is 0 Å². The number of Topliss-reactive ketones (excluding diaryl/α,β-unsaturated/α-hetero) is 4. The number of amides is 6. The Bertz CT molecular complexity index is 2490. The number of nitrogens with zero attached hydrogens (tertiary/aromatic N) is 3. The third kappa shape index (κ3) is 30.0. The van der Waals surface area contributed by atoms with Gasteiger partial charge in [0.1, 0.15) is 23.9 Å². The molecule has 30 N–H and O–H groups in total. The van der Waals surface area contributed by atoms with Gasteiger partial charge in [0.25, 0.3) is 0 Å². The first-order chi connectivity index (χ1) is 43.4. The maximum atomic E-state index is 14.7. The molecule has 91 heavy (non-hydrogen) atoms. The second kappa shape index (κ2) is 44.7. The number of aromatic nitrogens is 2. The number of nitrogens with two attached hydrogens (primary N) is 10. The summed E-state index contributed by atoms with van der Waals surface area (Å²) >= 11 is 0. The molecule has 0 aliphatic carbocycles. The predicted octanol–water partition coefficient (Wildman–Crippen LogP) is -6.97. The van der Waals surface area contributed by atoms with Crippen LogP contribution in [0.5, 0.6) is 0 Å². The van der Waals surface area contributed by atoms with Gasteiger partial charge in [-0.05, 0) is 103 Å². The maximum absolute atomic E-state index is 14.7. The number of H-pyrrole nitrogens is 1. The lowest BCUT2D eigenvalue weighted by Crippen LogP contribution is -2.56. The summed E-state index contributed by atoms with van der Waals surface area (Å²) in [5.41, 5.74) is 56.9. The number of nitrogens with one attached hydrogen (secondary N) is 6. The van der Waals surface area contributed by atoms with E-state index in [0.717, 1.165) is 0 Å². The van der Waals surface area contributed by atoms with Crippen LogP contribution in [0, 0.1) is 17.8 Å². The van der Waals surface area contributed by atoms with Crippen molar-refractivity contribution in [1.82, 2.24) is 41.5 Å². The Kier molecular flexibility index (Phi) is 39.5. The number of ketones is 4. The van der Waals surface area contributed by atoms with Gasteiger partial charge in [-0.15, -0.1) is 0 Å². The Morgan fingerprint density at radius 3 is 1.90 bits per heavy atom. The molecule has 12 atom stereocenters. The number of aliphatic hydroxyl groups excluding tert-OH is 4. The number of aliphatic imine (C=N–C) groups is 1. The number of aromatic amines is 1. The van der Waals surface area contributed by atoms with E-state index in [1.807, 2.05) is 0 Å². The first-order valence-electron chi connectivity index (χ1n) is 31.4. The molecule has 33 nitrogen and oxygen atoms in total. The molecule has 6 amide bonds. The van der Waals surface area contributed by atoms with Crippen LogP contribution < -0.4 is 83.9 Å². The van der Waals surface area contributed by atoms with Gasteiger partial charge in [-0.25, -0.2) is 4.98 Å². The van der Waals surface area contributed by atoms with Crippen molar-refractivity contribution in [1.29, 1.82) is 0 Å². The van der Waals surface area contributed by atoms with E-state index in [9.17, 15) is 68.4 Å². The maximum Gasteiger partial charge on any atom is 0.245 e. The number of allylic oxidation sites excluding steroid dienone is 1. The molecule has 0 spiro atoms. The van der Waals surface area contributed by atoms with Gasteiger partial charge in [-0.3, -0.25) is 52.9 Å². The van der Waals surface area contributed by atoms with Gasteiger partial charge in [0, 0.05) is 108 Å². The van der Waals surface area contributed by atoms with Crippen LogP contribution in [-0.2, 0) is 54.4 Å². The van der Waals surface area contributed by atoms with Crippen LogP contribution in [-0.4, -0.2) is 220 Å². The highest BCUT2D eigenvalue weighted by Crippen LogP contribution is 2.24. The van der Waals surface area contributed by atoms with Crippen molar-refractivity contribution < 1.29 is 68.4 Å². The zero-order chi connectivity index (χ0) is 68.0. The second-order valence-electron chi connectivity index (χ2n) is 22.9. The molecule has 1 aromatic heterocycles. The van der Waals surface area contributed by atoms with Crippen molar-refractivity contribution in [2.75, 3.05) is 65.4 Å². The van der Waals surface area contributed by atoms with Crippen LogP contribution >= 0.6 is 0 Å². The van der Waals surface area contributed by atoms with Gasteiger partial charge >= 0.3 is 0 Å². The number of unbranched alkanes of at least 4 members (excludes halogenated alkanes) is 2. The Balaban J connectivity index is 2.42. The van der Waals surface area contributed by atoms with E-state index in [1.54, 1.807) is 0 Å². The van der Waals surface area contributed by atoms with E-state index in [1.165, 1.54) is 23.5 Å². The summed E-state index contributed by atoms with van der Waals surface area (Å²) < 4.78 is 0. The Labute approximate surface area is 531 Å². The van der Waals surface area contributed by atoms with Crippen LogP contribution in [0.3, 0.4) is 0 Å². The van der Waals surface area contributed by atoms with Crippen LogP contribution in [0.4, 0.5) is 0 Å². The summed E-state index contributed by atoms with van der Waals surface area (Å²) in [4.78, 5) is 152. The fourth-order valence-electron chi connectivity index (χ4n) is 10.2. The third-order valence-corrected chi connectivity index (χ3v) is 15.7. The number of imidazole rings is 1. The molecule has 2 heterocycles. The van der Waals surface area contributed by atoms with Gasteiger partial charge in [0.2, 0.25) is 35.4 Å². The highest BCUT2D eigenvalue weighted by atomic mass is 16.3. The molecule has 516 valence electrons. The zero-order valence-electron chi connectivity index (χ0n) is 52.4. The van der Waals surface area contributed by atoms with Crippen molar-refractivity contribution in [2.24, 2.45) is 80.1 Å². The molecule has 0 aromatic carbocycles. The molecule has 12 unspecified atom stereocenters. The molecule has 2 rings (SSSR count). The van der Waals surface area contributed by atoms with Gasteiger partial charge < -0.3 is 114 Å². The summed E-state index contributed by atoms with van der Waals surface area (Å²) in [6.45, 7) is -0.0485. The summed E-state index contributed by atoms with van der Waals surface area (Å²) in [7, 11) is 0. The third-order valence-electron chi connectivity index (χ3n) is 15.7. The lowest BCUT2D eigenvalue weighted by Gasteiger charge is -2.30. The van der Waals surface area contributed by atoms with E-state index in [2.05, 4.69) is 41.5 Å². The van der Waals surface area contributed by atoms with Crippen molar-refractivity contribution in [3.8, 4) is 0 Å². The Morgan fingerprint density at radius 2 is 1.31 bits per heavy atom. The molecule has 33 heteroatoms. The lowest BCUT2D eigenvalue weighted by molar-refractivity contribution is -0.142. The fraction of sp³-hybridized carbons (Fsp3) is 0.724. The molecular weight excluding hydrogens is 1190 g/mol. The number of aliphatic hydroxyl groups is 4.